The molecular weight excluding hydrogens is 973 g/mol. The number of carbonyl (C=O) groups excluding carboxylic acids is 2. The van der Waals surface area contributed by atoms with Crippen LogP contribution in [0.2, 0.25) is 0 Å². The maximum Gasteiger partial charge on any atom is 0.314 e. The molecule has 21 nitrogen and oxygen atoms in total. The van der Waals surface area contributed by atoms with Crippen molar-refractivity contribution in [3.63, 3.8) is 0 Å². The fourth-order valence-corrected chi connectivity index (χ4v) is 15.6. The maximum absolute atomic E-state index is 14.3. The van der Waals surface area contributed by atoms with E-state index in [1.54, 1.807) is 0 Å². The molecule has 8 fully saturated rings. The van der Waals surface area contributed by atoms with Gasteiger partial charge in [-0.3, -0.25) is 9.59 Å². The van der Waals surface area contributed by atoms with Gasteiger partial charge in [-0.25, -0.2) is 0 Å². The molecule has 21 heteroatoms. The zero-order valence-corrected chi connectivity index (χ0v) is 43.9. The van der Waals surface area contributed by atoms with E-state index in [0.717, 1.165) is 37.7 Å². The average molecular weight is 1060 g/mol. The van der Waals surface area contributed by atoms with E-state index in [-0.39, 0.29) is 35.6 Å². The monoisotopic (exact) mass is 1050 g/mol. The third kappa shape index (κ3) is 9.11. The molecule has 3 saturated carbocycles. The van der Waals surface area contributed by atoms with Crippen molar-refractivity contribution in [2.75, 3.05) is 26.9 Å². The second-order valence-electron chi connectivity index (χ2n) is 24.3. The van der Waals surface area contributed by atoms with Crippen LogP contribution in [0.15, 0.2) is 23.8 Å². The van der Waals surface area contributed by atoms with Crippen molar-refractivity contribution in [1.82, 2.24) is 0 Å². The van der Waals surface area contributed by atoms with Crippen LogP contribution in [0.1, 0.15) is 106 Å². The van der Waals surface area contributed by atoms with E-state index in [0.29, 0.717) is 25.7 Å². The standard InChI is InChI=1S/C53H82O21/c1-23(2)11-10-16-52(8)43-27(55)19-51(7)26-12-13-31-49(4,5)32(15-17-50(31,6)25(26)14-18-53(43,51)48(64)74-52)70-47-42(33(58)28(56)21-67-47)73-45-36(61)35(60)39(24(3)68-45)71-44-37(62)40(29(57)22-66-44)72-46-38(63)41(65-9)34(59)30(20-54)69-46/h14,24,26,28-47,54,56-63H,1,10-13,15-22H2,2-9H3/t24?,26?,28?,29?,30?,31?,32?,33?,34?,35?,36?,37?,38?,39?,40?,41?,42?,43?,44?,45?,46?,47?,50?,51-,52-,53?/m0/s1. The summed E-state index contributed by atoms with van der Waals surface area (Å²) >= 11 is 0. The summed E-state index contributed by atoms with van der Waals surface area (Å²) in [5.74, 6) is -0.546. The van der Waals surface area contributed by atoms with E-state index < -0.39 is 158 Å². The normalized spacial score (nSPS) is 52.0. The summed E-state index contributed by atoms with van der Waals surface area (Å²) < 4.78 is 59.5. The van der Waals surface area contributed by atoms with Crippen LogP contribution < -0.4 is 0 Å². The third-order valence-electron chi connectivity index (χ3n) is 19.5. The average Bonchev–Trinajstić information content (AvgIpc) is 3.73. The van der Waals surface area contributed by atoms with Gasteiger partial charge in [0.15, 0.2) is 25.2 Å². The Labute approximate surface area is 432 Å². The first-order valence-corrected chi connectivity index (χ1v) is 26.6. The molecule has 0 amide bonds. The molecule has 26 atom stereocenters. The number of Topliss-reactive ketones (excluding diaryl/α,β-unsaturated/α-hetero) is 1. The van der Waals surface area contributed by atoms with Crippen LogP contribution >= 0.6 is 0 Å². The molecule has 74 heavy (non-hydrogen) atoms. The molecule has 9 rings (SSSR count). The maximum atomic E-state index is 14.3. The van der Waals surface area contributed by atoms with Crippen molar-refractivity contribution in [2.24, 2.45) is 39.4 Å². The quantitative estimate of drug-likeness (QED) is 0.0647. The Morgan fingerprint density at radius 1 is 0.743 bits per heavy atom. The lowest BCUT2D eigenvalue weighted by Gasteiger charge is -2.63. The Hall–Kier alpha value is -2.10. The van der Waals surface area contributed by atoms with Gasteiger partial charge >= 0.3 is 5.97 Å². The Morgan fingerprint density at radius 2 is 1.39 bits per heavy atom. The SMILES string of the molecule is C=C(C)CCC[C@]1(C)OC(=O)C23CC=C4C(CCC5C4(C)CCC(OC4OCC(O)C(O)C4OC4OC(C)C(OC6OCC(O)C(OC7OC(CO)C(O)C(OC)C7O)C6O)C(O)C4O)C5(C)C)[C@]2(C)CC(=O)C31. The number of carbonyl (C=O) groups is 2. The van der Waals surface area contributed by atoms with Crippen LogP contribution in [0.5, 0.6) is 0 Å². The predicted molar refractivity (Wildman–Crippen MR) is 255 cm³/mol. The number of ketones is 1. The number of hydrogen-bond acceptors (Lipinski definition) is 21. The fraction of sp³-hybridized carbons (Fsp3) is 0.887. The Balaban J connectivity index is 0.859. The Kier molecular flexibility index (Phi) is 16.0. The van der Waals surface area contributed by atoms with Crippen molar-refractivity contribution in [3.8, 4) is 0 Å². The second-order valence-corrected chi connectivity index (χ2v) is 24.3. The number of aliphatic hydroxyl groups is 9. The van der Waals surface area contributed by atoms with Gasteiger partial charge in [-0.2, -0.15) is 0 Å². The van der Waals surface area contributed by atoms with Crippen molar-refractivity contribution in [1.29, 1.82) is 0 Å². The van der Waals surface area contributed by atoms with Crippen LogP contribution in [0.3, 0.4) is 0 Å². The van der Waals surface area contributed by atoms with E-state index in [2.05, 4.69) is 40.3 Å². The van der Waals surface area contributed by atoms with Crippen LogP contribution in [-0.2, 0) is 57.0 Å². The van der Waals surface area contributed by atoms with Crippen molar-refractivity contribution in [3.05, 3.63) is 23.8 Å². The minimum Gasteiger partial charge on any atom is -0.458 e. The van der Waals surface area contributed by atoms with E-state index in [1.165, 1.54) is 19.6 Å². The Bertz CT molecular complexity index is 2110. The van der Waals surface area contributed by atoms with Crippen molar-refractivity contribution >= 4 is 11.8 Å². The zero-order chi connectivity index (χ0) is 53.8. The Morgan fingerprint density at radius 3 is 2.08 bits per heavy atom. The summed E-state index contributed by atoms with van der Waals surface area (Å²) in [6.07, 6.45) is -19.1. The van der Waals surface area contributed by atoms with Gasteiger partial charge in [0.2, 0.25) is 0 Å². The third-order valence-corrected chi connectivity index (χ3v) is 19.5. The lowest BCUT2D eigenvalue weighted by atomic mass is 9.41. The molecule has 5 saturated heterocycles. The molecule has 0 radical (unpaired) electrons. The highest BCUT2D eigenvalue weighted by atomic mass is 16.8. The second kappa shape index (κ2) is 20.8. The summed E-state index contributed by atoms with van der Waals surface area (Å²) in [6, 6.07) is 0. The number of aliphatic hydroxyl groups excluding tert-OH is 9. The van der Waals surface area contributed by atoms with Crippen LogP contribution in [0.25, 0.3) is 0 Å². The largest absolute Gasteiger partial charge is 0.458 e. The minimum atomic E-state index is -1.83. The van der Waals surface area contributed by atoms with Gasteiger partial charge in [0.25, 0.3) is 0 Å². The number of ether oxygens (including phenoxy) is 10. The first-order chi connectivity index (χ1) is 34.8. The van der Waals surface area contributed by atoms with Gasteiger partial charge < -0.3 is 93.3 Å². The topological polar surface area (TPSA) is 309 Å². The van der Waals surface area contributed by atoms with Gasteiger partial charge in [-0.15, -0.1) is 6.58 Å². The highest BCUT2D eigenvalue weighted by Crippen LogP contribution is 2.75. The highest BCUT2D eigenvalue weighted by Gasteiger charge is 2.79. The lowest BCUT2D eigenvalue weighted by Crippen LogP contribution is -2.65. The van der Waals surface area contributed by atoms with Gasteiger partial charge in [-0.05, 0) is 100 Å². The van der Waals surface area contributed by atoms with E-state index >= 15 is 0 Å². The molecule has 1 spiro atoms. The summed E-state index contributed by atoms with van der Waals surface area (Å²) in [4.78, 5) is 28.6. The summed E-state index contributed by atoms with van der Waals surface area (Å²) in [7, 11) is 1.23. The summed E-state index contributed by atoms with van der Waals surface area (Å²) in [6.45, 7) is 16.9. The molecule has 9 N–H and O–H groups in total. The number of hydrogen-bond donors (Lipinski definition) is 9. The van der Waals surface area contributed by atoms with Gasteiger partial charge in [-0.1, -0.05) is 44.9 Å². The highest BCUT2D eigenvalue weighted by molar-refractivity contribution is 5.99. The van der Waals surface area contributed by atoms with Crippen LogP contribution in [-0.4, -0.2) is 207 Å². The molecule has 9 aliphatic rings. The molecule has 5 aliphatic heterocycles. The first kappa shape index (κ1) is 56.6. The predicted octanol–water partition coefficient (Wildman–Crippen LogP) is 0.430. The number of allylic oxidation sites excluding steroid dienone is 3. The number of cyclic esters (lactones) is 1. The molecule has 24 unspecified atom stereocenters. The van der Waals surface area contributed by atoms with E-state index in [1.807, 2.05) is 13.8 Å². The van der Waals surface area contributed by atoms with Crippen LogP contribution in [0.4, 0.5) is 0 Å². The summed E-state index contributed by atoms with van der Waals surface area (Å²) in [5, 5.41) is 98.5. The van der Waals surface area contributed by atoms with Gasteiger partial charge in [0, 0.05) is 13.5 Å². The molecular formula is C53H82O21. The molecule has 4 aliphatic carbocycles. The fourth-order valence-electron chi connectivity index (χ4n) is 15.6. The molecule has 5 heterocycles. The van der Waals surface area contributed by atoms with Crippen molar-refractivity contribution in [2.45, 2.75) is 229 Å². The molecule has 0 bridgehead atoms. The number of methoxy groups -OCH3 is 1. The number of esters is 1. The number of fused-ring (bicyclic) bond motifs is 4. The molecule has 420 valence electrons. The molecule has 0 aromatic heterocycles. The molecule has 0 aromatic carbocycles. The van der Waals surface area contributed by atoms with E-state index in [4.69, 9.17) is 47.4 Å². The van der Waals surface area contributed by atoms with Crippen LogP contribution in [0, 0.1) is 39.4 Å². The smallest absolute Gasteiger partial charge is 0.314 e. The minimum absolute atomic E-state index is 0.00351. The first-order valence-electron chi connectivity index (χ1n) is 26.6. The summed E-state index contributed by atoms with van der Waals surface area (Å²) in [5.41, 5.74) is -0.844. The van der Waals surface area contributed by atoms with Crippen molar-refractivity contribution < 1.29 is 103 Å². The number of rotatable bonds is 14. The zero-order valence-electron chi connectivity index (χ0n) is 43.9. The van der Waals surface area contributed by atoms with Gasteiger partial charge in [0.05, 0.1) is 43.4 Å². The van der Waals surface area contributed by atoms with Gasteiger partial charge in [0.1, 0.15) is 90.7 Å². The molecule has 0 aromatic rings. The lowest BCUT2D eigenvalue weighted by molar-refractivity contribution is -0.382. The van der Waals surface area contributed by atoms with E-state index in [9.17, 15) is 55.5 Å².